The molecule has 0 bridgehead atoms. The third-order valence-corrected chi connectivity index (χ3v) is 4.37. The number of ether oxygens (including phenoxy) is 3. The van der Waals surface area contributed by atoms with Gasteiger partial charge in [-0.15, -0.1) is 0 Å². The molecule has 0 spiro atoms. The summed E-state index contributed by atoms with van der Waals surface area (Å²) in [6.45, 7) is 4.55. The number of carbonyl (C=O) groups is 2. The van der Waals surface area contributed by atoms with Gasteiger partial charge in [0.15, 0.2) is 11.5 Å². The lowest BCUT2D eigenvalue weighted by Gasteiger charge is -2.11. The van der Waals surface area contributed by atoms with Gasteiger partial charge in [0.25, 0.3) is 5.91 Å². The average molecular weight is 450 g/mol. The second-order valence-electron chi connectivity index (χ2n) is 6.67. The number of benzene rings is 3. The van der Waals surface area contributed by atoms with E-state index in [4.69, 9.17) is 14.2 Å². The zero-order valence-electron chi connectivity index (χ0n) is 18.2. The molecular formula is C25H23FN2O5. The van der Waals surface area contributed by atoms with Crippen molar-refractivity contribution in [3.63, 3.8) is 0 Å². The van der Waals surface area contributed by atoms with E-state index >= 15 is 0 Å². The summed E-state index contributed by atoms with van der Waals surface area (Å²) in [5, 5.41) is 3.86. The van der Waals surface area contributed by atoms with E-state index in [1.165, 1.54) is 24.4 Å². The molecule has 1 N–H and O–H groups in total. The van der Waals surface area contributed by atoms with Crippen molar-refractivity contribution in [3.8, 4) is 17.2 Å². The maximum Gasteiger partial charge on any atom is 0.343 e. The van der Waals surface area contributed by atoms with Gasteiger partial charge in [-0.05, 0) is 74.0 Å². The largest absolute Gasteiger partial charge is 0.494 e. The van der Waals surface area contributed by atoms with Gasteiger partial charge in [0.05, 0.1) is 30.6 Å². The van der Waals surface area contributed by atoms with Crippen molar-refractivity contribution in [1.82, 2.24) is 5.43 Å². The average Bonchev–Trinajstić information content (AvgIpc) is 2.81. The first-order chi connectivity index (χ1) is 16.0. The fourth-order valence-electron chi connectivity index (χ4n) is 2.84. The van der Waals surface area contributed by atoms with Gasteiger partial charge in [-0.3, -0.25) is 4.79 Å². The highest BCUT2D eigenvalue weighted by Gasteiger charge is 2.14. The molecule has 0 saturated carbocycles. The minimum atomic E-state index is -0.671. The molecule has 0 saturated heterocycles. The summed E-state index contributed by atoms with van der Waals surface area (Å²) < 4.78 is 30.1. The van der Waals surface area contributed by atoms with Crippen LogP contribution in [0.25, 0.3) is 0 Å². The quantitative estimate of drug-likeness (QED) is 0.223. The maximum atomic E-state index is 13.7. The highest BCUT2D eigenvalue weighted by Crippen LogP contribution is 2.29. The molecule has 0 aliphatic rings. The van der Waals surface area contributed by atoms with E-state index in [-0.39, 0.29) is 11.3 Å². The Morgan fingerprint density at radius 1 is 0.939 bits per heavy atom. The SMILES string of the molecule is CCOc1ccc(C(=O)Oc2ccc(/C=N\NC(=O)c3ccccc3F)cc2OCC)cc1. The van der Waals surface area contributed by atoms with Gasteiger partial charge in [-0.1, -0.05) is 12.1 Å². The summed E-state index contributed by atoms with van der Waals surface area (Å²) in [6, 6.07) is 17.1. The third kappa shape index (κ3) is 6.39. The molecule has 0 atom stereocenters. The first-order valence-corrected chi connectivity index (χ1v) is 10.3. The molecule has 0 aromatic heterocycles. The molecular weight excluding hydrogens is 427 g/mol. The number of hydrazone groups is 1. The van der Waals surface area contributed by atoms with Crippen molar-refractivity contribution in [2.45, 2.75) is 13.8 Å². The molecule has 3 rings (SSSR count). The van der Waals surface area contributed by atoms with E-state index in [0.717, 1.165) is 0 Å². The number of amides is 1. The number of carbonyl (C=O) groups excluding carboxylic acids is 2. The summed E-state index contributed by atoms with van der Waals surface area (Å²) in [7, 11) is 0. The predicted octanol–water partition coefficient (Wildman–Crippen LogP) is 4.61. The van der Waals surface area contributed by atoms with Crippen LogP contribution in [0.4, 0.5) is 4.39 Å². The fraction of sp³-hybridized carbons (Fsp3) is 0.160. The predicted molar refractivity (Wildman–Crippen MR) is 122 cm³/mol. The number of hydrogen-bond acceptors (Lipinski definition) is 6. The second kappa shape index (κ2) is 11.4. The van der Waals surface area contributed by atoms with Crippen LogP contribution in [0.5, 0.6) is 17.2 Å². The summed E-state index contributed by atoms with van der Waals surface area (Å²) in [4.78, 5) is 24.5. The molecule has 170 valence electrons. The van der Waals surface area contributed by atoms with E-state index in [1.54, 1.807) is 55.5 Å². The Hall–Kier alpha value is -4.20. The zero-order valence-corrected chi connectivity index (χ0v) is 18.2. The van der Waals surface area contributed by atoms with Crippen LogP contribution in [0, 0.1) is 5.82 Å². The summed E-state index contributed by atoms with van der Waals surface area (Å²) in [5.41, 5.74) is 3.11. The molecule has 3 aromatic carbocycles. The Labute approximate surface area is 190 Å². The van der Waals surface area contributed by atoms with Crippen molar-refractivity contribution < 1.29 is 28.2 Å². The lowest BCUT2D eigenvalue weighted by Crippen LogP contribution is -2.18. The van der Waals surface area contributed by atoms with Gasteiger partial charge < -0.3 is 14.2 Å². The van der Waals surface area contributed by atoms with Crippen LogP contribution in [0.1, 0.15) is 40.1 Å². The van der Waals surface area contributed by atoms with Gasteiger partial charge in [-0.25, -0.2) is 14.6 Å². The Balaban J connectivity index is 1.69. The number of hydrogen-bond donors (Lipinski definition) is 1. The number of halogens is 1. The second-order valence-corrected chi connectivity index (χ2v) is 6.67. The van der Waals surface area contributed by atoms with Gasteiger partial charge >= 0.3 is 5.97 Å². The minimum Gasteiger partial charge on any atom is -0.494 e. The lowest BCUT2D eigenvalue weighted by molar-refractivity contribution is 0.0728. The Bertz CT molecular complexity index is 1150. The highest BCUT2D eigenvalue weighted by atomic mass is 19.1. The zero-order chi connectivity index (χ0) is 23.6. The van der Waals surface area contributed by atoms with Crippen LogP contribution < -0.4 is 19.6 Å². The normalized spacial score (nSPS) is 10.6. The molecule has 33 heavy (non-hydrogen) atoms. The van der Waals surface area contributed by atoms with E-state index in [1.807, 2.05) is 6.92 Å². The number of nitrogens with zero attached hydrogens (tertiary/aromatic N) is 1. The summed E-state index contributed by atoms with van der Waals surface area (Å²) in [5.74, 6) is -0.616. The van der Waals surface area contributed by atoms with E-state index in [9.17, 15) is 14.0 Å². The fourth-order valence-corrected chi connectivity index (χ4v) is 2.84. The van der Waals surface area contributed by atoms with Crippen molar-refractivity contribution >= 4 is 18.1 Å². The molecule has 0 fully saturated rings. The van der Waals surface area contributed by atoms with Crippen molar-refractivity contribution in [2.75, 3.05) is 13.2 Å². The summed E-state index contributed by atoms with van der Waals surface area (Å²) in [6.07, 6.45) is 1.37. The van der Waals surface area contributed by atoms with E-state index < -0.39 is 17.7 Å². The van der Waals surface area contributed by atoms with Crippen LogP contribution in [0.3, 0.4) is 0 Å². The van der Waals surface area contributed by atoms with Crippen molar-refractivity contribution in [2.24, 2.45) is 5.10 Å². The van der Waals surface area contributed by atoms with Crippen LogP contribution in [-0.4, -0.2) is 31.3 Å². The summed E-state index contributed by atoms with van der Waals surface area (Å²) >= 11 is 0. The maximum absolute atomic E-state index is 13.7. The number of esters is 1. The van der Waals surface area contributed by atoms with Crippen LogP contribution in [-0.2, 0) is 0 Å². The van der Waals surface area contributed by atoms with Gasteiger partial charge in [0.1, 0.15) is 11.6 Å². The lowest BCUT2D eigenvalue weighted by atomic mass is 10.2. The van der Waals surface area contributed by atoms with E-state index in [2.05, 4.69) is 10.5 Å². The first kappa shape index (κ1) is 23.5. The van der Waals surface area contributed by atoms with Crippen molar-refractivity contribution in [1.29, 1.82) is 0 Å². The highest BCUT2D eigenvalue weighted by molar-refractivity contribution is 5.95. The van der Waals surface area contributed by atoms with Crippen LogP contribution >= 0.6 is 0 Å². The van der Waals surface area contributed by atoms with Crippen LogP contribution in [0.15, 0.2) is 71.8 Å². The molecule has 3 aromatic rings. The molecule has 8 heteroatoms. The number of rotatable bonds is 9. The minimum absolute atomic E-state index is 0.110. The van der Waals surface area contributed by atoms with Gasteiger partial charge in [0.2, 0.25) is 0 Å². The molecule has 1 amide bonds. The monoisotopic (exact) mass is 450 g/mol. The smallest absolute Gasteiger partial charge is 0.343 e. The van der Waals surface area contributed by atoms with Gasteiger partial charge in [0, 0.05) is 0 Å². The first-order valence-electron chi connectivity index (χ1n) is 10.3. The Kier molecular flexibility index (Phi) is 8.13. The molecule has 0 radical (unpaired) electrons. The number of nitrogens with one attached hydrogen (secondary N) is 1. The van der Waals surface area contributed by atoms with E-state index in [0.29, 0.717) is 35.8 Å². The van der Waals surface area contributed by atoms with Crippen molar-refractivity contribution in [3.05, 3.63) is 89.2 Å². The molecule has 7 nitrogen and oxygen atoms in total. The topological polar surface area (TPSA) is 86.2 Å². The standard InChI is InChI=1S/C25H23FN2O5/c1-3-31-19-12-10-18(11-13-19)25(30)33-22-14-9-17(15-23(22)32-4-2)16-27-28-24(29)20-7-5-6-8-21(20)26/h5-16H,3-4H2,1-2H3,(H,28,29)/b27-16-. The third-order valence-electron chi connectivity index (χ3n) is 4.37. The Morgan fingerprint density at radius 2 is 1.67 bits per heavy atom. The Morgan fingerprint density at radius 3 is 2.36 bits per heavy atom. The molecule has 0 aliphatic carbocycles. The van der Waals surface area contributed by atoms with Gasteiger partial charge in [-0.2, -0.15) is 5.10 Å². The molecule has 0 unspecified atom stereocenters. The molecule has 0 aliphatic heterocycles. The van der Waals surface area contributed by atoms with Crippen LogP contribution in [0.2, 0.25) is 0 Å². The molecule has 0 heterocycles.